The molecule has 0 aliphatic heterocycles. The van der Waals surface area contributed by atoms with E-state index in [-0.39, 0.29) is 13.2 Å². The van der Waals surface area contributed by atoms with Gasteiger partial charge in [0, 0.05) is 57.7 Å². The molecule has 0 aliphatic carbocycles. The van der Waals surface area contributed by atoms with Gasteiger partial charge in [0.05, 0.1) is 0 Å². The number of rotatable bonds is 9. The SMILES string of the molecule is C=C(C)C(=O)OCCOc1ccc(/C(=N\OC(C)=O)c2ccc3c(c2)c2cc(N)ccc2n3CC)c(C)c1. The van der Waals surface area contributed by atoms with Gasteiger partial charge in [0.15, 0.2) is 0 Å². The van der Waals surface area contributed by atoms with Crippen LogP contribution in [0.3, 0.4) is 0 Å². The Labute approximate surface area is 221 Å². The van der Waals surface area contributed by atoms with E-state index in [0.29, 0.717) is 22.7 Å². The predicted molar refractivity (Wildman–Crippen MR) is 149 cm³/mol. The molecule has 2 N–H and O–H groups in total. The first-order chi connectivity index (χ1) is 18.2. The maximum Gasteiger partial charge on any atom is 0.333 e. The van der Waals surface area contributed by atoms with Crippen LogP contribution in [-0.2, 0) is 25.7 Å². The van der Waals surface area contributed by atoms with E-state index in [2.05, 4.69) is 23.2 Å². The summed E-state index contributed by atoms with van der Waals surface area (Å²) in [5.74, 6) is -0.351. The number of anilines is 1. The molecule has 0 spiro atoms. The minimum Gasteiger partial charge on any atom is -0.490 e. The van der Waals surface area contributed by atoms with Gasteiger partial charge in [-0.3, -0.25) is 0 Å². The quantitative estimate of drug-likeness (QED) is 0.0601. The number of carbonyl (C=O) groups is 2. The zero-order valence-corrected chi connectivity index (χ0v) is 22.0. The van der Waals surface area contributed by atoms with Crippen LogP contribution < -0.4 is 10.5 Å². The Morgan fingerprint density at radius 2 is 1.68 bits per heavy atom. The van der Waals surface area contributed by atoms with E-state index in [1.54, 1.807) is 13.0 Å². The number of hydrogen-bond donors (Lipinski definition) is 1. The Bertz CT molecular complexity index is 1580. The zero-order chi connectivity index (χ0) is 27.4. The number of nitrogens with zero attached hydrogens (tertiary/aromatic N) is 2. The molecule has 4 rings (SSSR count). The summed E-state index contributed by atoms with van der Waals surface area (Å²) in [6, 6.07) is 17.5. The molecule has 0 saturated heterocycles. The van der Waals surface area contributed by atoms with E-state index in [9.17, 15) is 9.59 Å². The van der Waals surface area contributed by atoms with Crippen LogP contribution in [-0.4, -0.2) is 35.4 Å². The molecule has 4 aromatic rings. The van der Waals surface area contributed by atoms with Crippen molar-refractivity contribution in [2.24, 2.45) is 5.16 Å². The highest BCUT2D eigenvalue weighted by Gasteiger charge is 2.17. The van der Waals surface area contributed by atoms with Gasteiger partial charge in [-0.15, -0.1) is 0 Å². The lowest BCUT2D eigenvalue weighted by Crippen LogP contribution is -2.13. The van der Waals surface area contributed by atoms with Gasteiger partial charge in [-0.1, -0.05) is 17.8 Å². The molecule has 3 aromatic carbocycles. The van der Waals surface area contributed by atoms with Gasteiger partial charge in [0.25, 0.3) is 0 Å². The van der Waals surface area contributed by atoms with Gasteiger partial charge in [-0.05, 0) is 74.9 Å². The van der Waals surface area contributed by atoms with E-state index < -0.39 is 11.9 Å². The maximum atomic E-state index is 11.6. The average molecular weight is 514 g/mol. The summed E-state index contributed by atoms with van der Waals surface area (Å²) >= 11 is 0. The molecule has 0 unspecified atom stereocenters. The molecule has 1 heterocycles. The summed E-state index contributed by atoms with van der Waals surface area (Å²) in [4.78, 5) is 28.3. The summed E-state index contributed by atoms with van der Waals surface area (Å²) in [5.41, 5.74) is 12.3. The van der Waals surface area contributed by atoms with Crippen molar-refractivity contribution in [1.82, 2.24) is 4.57 Å². The third kappa shape index (κ3) is 5.54. The average Bonchev–Trinajstić information content (AvgIpc) is 3.19. The van der Waals surface area contributed by atoms with E-state index >= 15 is 0 Å². The highest BCUT2D eigenvalue weighted by Crippen LogP contribution is 2.32. The summed E-state index contributed by atoms with van der Waals surface area (Å²) < 4.78 is 13.1. The number of esters is 1. The molecule has 0 bridgehead atoms. The van der Waals surface area contributed by atoms with Crippen molar-refractivity contribution in [3.05, 3.63) is 83.4 Å². The molecule has 196 valence electrons. The van der Waals surface area contributed by atoms with Crippen molar-refractivity contribution >= 4 is 45.1 Å². The molecule has 0 amide bonds. The second-order valence-corrected chi connectivity index (χ2v) is 9.02. The van der Waals surface area contributed by atoms with E-state index in [0.717, 1.165) is 45.0 Å². The molecular formula is C30H31N3O5. The molecule has 0 aliphatic rings. The van der Waals surface area contributed by atoms with Crippen LogP contribution in [0.5, 0.6) is 5.75 Å². The third-order valence-electron chi connectivity index (χ3n) is 6.13. The fraction of sp³-hybridized carbons (Fsp3) is 0.233. The van der Waals surface area contributed by atoms with Crippen LogP contribution >= 0.6 is 0 Å². The number of oxime groups is 1. The standard InChI is InChI=1S/C30H31N3O5/c1-6-33-27-11-7-21(16-25(27)26-17-22(31)8-12-28(26)33)29(32-38-20(5)34)24-10-9-23(15-19(24)4)36-13-14-37-30(35)18(2)3/h7-12,15-17H,2,6,13-14,31H2,1,3-5H3/b32-29-. The maximum absolute atomic E-state index is 11.6. The molecule has 0 saturated carbocycles. The molecule has 8 nitrogen and oxygen atoms in total. The van der Waals surface area contributed by atoms with Gasteiger partial charge in [-0.25, -0.2) is 9.59 Å². The number of carbonyl (C=O) groups excluding carboxylic acids is 2. The van der Waals surface area contributed by atoms with E-state index in [1.165, 1.54) is 6.92 Å². The third-order valence-corrected chi connectivity index (χ3v) is 6.13. The monoisotopic (exact) mass is 513 g/mol. The molecular weight excluding hydrogens is 482 g/mol. The van der Waals surface area contributed by atoms with Gasteiger partial charge in [-0.2, -0.15) is 0 Å². The largest absolute Gasteiger partial charge is 0.490 e. The van der Waals surface area contributed by atoms with Gasteiger partial charge >= 0.3 is 11.9 Å². The number of hydrogen-bond acceptors (Lipinski definition) is 7. The van der Waals surface area contributed by atoms with Gasteiger partial charge in [0.1, 0.15) is 24.7 Å². The van der Waals surface area contributed by atoms with Crippen molar-refractivity contribution < 1.29 is 23.9 Å². The Morgan fingerprint density at radius 1 is 0.974 bits per heavy atom. The number of ether oxygens (including phenoxy) is 2. The highest BCUT2D eigenvalue weighted by atomic mass is 16.7. The number of benzene rings is 3. The molecule has 8 heteroatoms. The Morgan fingerprint density at radius 3 is 2.34 bits per heavy atom. The first-order valence-corrected chi connectivity index (χ1v) is 12.3. The molecule has 0 radical (unpaired) electrons. The van der Waals surface area contributed by atoms with Crippen LogP contribution in [0.15, 0.2) is 71.9 Å². The predicted octanol–water partition coefficient (Wildman–Crippen LogP) is 5.52. The Hall–Kier alpha value is -4.59. The minimum atomic E-state index is -0.513. The fourth-order valence-electron chi connectivity index (χ4n) is 4.39. The van der Waals surface area contributed by atoms with Crippen LogP contribution in [0.25, 0.3) is 21.8 Å². The molecule has 0 fully saturated rings. The summed E-state index contributed by atoms with van der Waals surface area (Å²) in [6.45, 7) is 11.6. The number of aromatic nitrogens is 1. The van der Waals surface area contributed by atoms with Crippen molar-refractivity contribution in [3.8, 4) is 5.75 Å². The topological polar surface area (TPSA) is 105 Å². The smallest absolute Gasteiger partial charge is 0.333 e. The summed E-state index contributed by atoms with van der Waals surface area (Å²) in [6.07, 6.45) is 0. The lowest BCUT2D eigenvalue weighted by molar-refractivity contribution is -0.141. The number of nitrogens with two attached hydrogens (primary N) is 1. The first kappa shape index (κ1) is 26.5. The van der Waals surface area contributed by atoms with Gasteiger partial charge < -0.3 is 24.6 Å². The van der Waals surface area contributed by atoms with Gasteiger partial charge in [0.2, 0.25) is 0 Å². The molecule has 38 heavy (non-hydrogen) atoms. The summed E-state index contributed by atoms with van der Waals surface area (Å²) in [5, 5.41) is 6.30. The Kier molecular flexibility index (Phi) is 7.81. The second kappa shape index (κ2) is 11.2. The number of nitrogen functional groups attached to an aromatic ring is 1. The Balaban J connectivity index is 1.69. The van der Waals surface area contributed by atoms with Crippen LogP contribution in [0, 0.1) is 6.92 Å². The fourth-order valence-corrected chi connectivity index (χ4v) is 4.39. The van der Waals surface area contributed by atoms with Crippen molar-refractivity contribution in [2.45, 2.75) is 34.2 Å². The van der Waals surface area contributed by atoms with E-state index in [4.69, 9.17) is 20.0 Å². The lowest BCUT2D eigenvalue weighted by Gasteiger charge is -2.13. The first-order valence-electron chi connectivity index (χ1n) is 12.3. The highest BCUT2D eigenvalue weighted by molar-refractivity contribution is 6.17. The molecule has 0 atom stereocenters. The lowest BCUT2D eigenvalue weighted by atomic mass is 9.96. The van der Waals surface area contributed by atoms with Crippen LogP contribution in [0.1, 0.15) is 37.5 Å². The minimum absolute atomic E-state index is 0.113. The second-order valence-electron chi connectivity index (χ2n) is 9.02. The van der Waals surface area contributed by atoms with Crippen LogP contribution in [0.4, 0.5) is 5.69 Å². The van der Waals surface area contributed by atoms with Crippen molar-refractivity contribution in [2.75, 3.05) is 18.9 Å². The van der Waals surface area contributed by atoms with Crippen molar-refractivity contribution in [1.29, 1.82) is 0 Å². The molecule has 1 aromatic heterocycles. The summed E-state index contributed by atoms with van der Waals surface area (Å²) in [7, 11) is 0. The van der Waals surface area contributed by atoms with Crippen LogP contribution in [0.2, 0.25) is 0 Å². The zero-order valence-electron chi connectivity index (χ0n) is 22.0. The number of aryl methyl sites for hydroxylation is 2. The number of fused-ring (bicyclic) bond motifs is 3. The normalized spacial score (nSPS) is 11.5. The van der Waals surface area contributed by atoms with Crippen molar-refractivity contribution in [3.63, 3.8) is 0 Å². The van der Waals surface area contributed by atoms with E-state index in [1.807, 2.05) is 55.5 Å².